The van der Waals surface area contributed by atoms with Crippen LogP contribution in [0.15, 0.2) is 11.0 Å². The molecule has 27 heavy (non-hydrogen) atoms. The van der Waals surface area contributed by atoms with Crippen molar-refractivity contribution in [3.8, 4) is 0 Å². The van der Waals surface area contributed by atoms with Gasteiger partial charge in [0.2, 0.25) is 10.0 Å². The molecule has 1 aliphatic rings. The van der Waals surface area contributed by atoms with Crippen molar-refractivity contribution in [3.63, 3.8) is 0 Å². The zero-order chi connectivity index (χ0) is 20.4. The van der Waals surface area contributed by atoms with E-state index in [1.54, 1.807) is 6.92 Å². The topological polar surface area (TPSA) is 84.0 Å². The highest BCUT2D eigenvalue weighted by Crippen LogP contribution is 2.29. The third-order valence-electron chi connectivity index (χ3n) is 5.13. The Morgan fingerprint density at radius 3 is 2.00 bits per heavy atom. The van der Waals surface area contributed by atoms with Crippen molar-refractivity contribution in [2.45, 2.75) is 45.9 Å². The summed E-state index contributed by atoms with van der Waals surface area (Å²) in [5.41, 5.74) is 3.43. The van der Waals surface area contributed by atoms with Crippen molar-refractivity contribution in [1.29, 1.82) is 0 Å². The third-order valence-corrected chi connectivity index (χ3v) is 7.30. The Hall–Kier alpha value is -1.93. The van der Waals surface area contributed by atoms with Crippen LogP contribution in [0.2, 0.25) is 0 Å². The summed E-state index contributed by atoms with van der Waals surface area (Å²) in [6.07, 6.45) is 0.216. The minimum absolute atomic E-state index is 0.216. The smallest absolute Gasteiger partial charge is 0.306 e. The molecule has 0 spiro atoms. The van der Waals surface area contributed by atoms with Crippen molar-refractivity contribution < 1.29 is 22.7 Å². The lowest BCUT2D eigenvalue weighted by atomic mass is 10.0. The highest BCUT2D eigenvalue weighted by atomic mass is 32.2. The van der Waals surface area contributed by atoms with Gasteiger partial charge in [-0.2, -0.15) is 4.31 Å². The Balaban J connectivity index is 2.12. The summed E-state index contributed by atoms with van der Waals surface area (Å²) in [6, 6.07) is 2.00. The maximum atomic E-state index is 13.2. The van der Waals surface area contributed by atoms with Crippen LogP contribution in [0.25, 0.3) is 0 Å². The molecule has 8 heteroatoms. The number of sulfonamides is 1. The van der Waals surface area contributed by atoms with E-state index in [1.165, 1.54) is 9.21 Å². The maximum absolute atomic E-state index is 13.2. The van der Waals surface area contributed by atoms with Gasteiger partial charge in [0, 0.05) is 32.6 Å². The van der Waals surface area contributed by atoms with Crippen molar-refractivity contribution in [1.82, 2.24) is 9.21 Å². The normalized spacial score (nSPS) is 15.7. The highest BCUT2D eigenvalue weighted by Gasteiger charge is 2.33. The van der Waals surface area contributed by atoms with Gasteiger partial charge >= 0.3 is 5.97 Å². The van der Waals surface area contributed by atoms with Gasteiger partial charge in [0.15, 0.2) is 6.61 Å². The molecule has 1 aromatic rings. The van der Waals surface area contributed by atoms with Gasteiger partial charge < -0.3 is 9.64 Å². The number of hydrogen-bond donors (Lipinski definition) is 0. The molecular formula is C19H28N2O5S. The third kappa shape index (κ3) is 4.50. The van der Waals surface area contributed by atoms with Crippen LogP contribution in [0.1, 0.15) is 35.6 Å². The summed E-state index contributed by atoms with van der Waals surface area (Å²) < 4.78 is 32.7. The number of aryl methyl sites for hydroxylation is 2. The van der Waals surface area contributed by atoms with Crippen LogP contribution in [-0.4, -0.2) is 62.3 Å². The van der Waals surface area contributed by atoms with Crippen molar-refractivity contribution in [2.24, 2.45) is 0 Å². The number of carbonyl (C=O) groups is 2. The molecule has 0 aliphatic carbocycles. The number of carbonyl (C=O) groups excluding carboxylic acids is 2. The number of nitrogens with zero attached hydrogens (tertiary/aromatic N) is 2. The van der Waals surface area contributed by atoms with Crippen molar-refractivity contribution >= 4 is 21.9 Å². The van der Waals surface area contributed by atoms with Gasteiger partial charge in [0.05, 0.1) is 4.90 Å². The standard InChI is InChI=1S/C19H28N2O5S/c1-6-18(23)26-12-17(22)20-7-9-21(10-8-20)27(24,25)19-15(4)13(2)11-14(3)16(19)5/h11H,6-10,12H2,1-5H3. The van der Waals surface area contributed by atoms with Crippen LogP contribution >= 0.6 is 0 Å². The van der Waals surface area contributed by atoms with Crippen LogP contribution < -0.4 is 0 Å². The highest BCUT2D eigenvalue weighted by molar-refractivity contribution is 7.89. The summed E-state index contributed by atoms with van der Waals surface area (Å²) in [4.78, 5) is 25.2. The zero-order valence-corrected chi connectivity index (χ0v) is 17.5. The van der Waals surface area contributed by atoms with E-state index >= 15 is 0 Å². The fourth-order valence-electron chi connectivity index (χ4n) is 3.21. The molecule has 0 radical (unpaired) electrons. The van der Waals surface area contributed by atoms with E-state index in [9.17, 15) is 18.0 Å². The largest absolute Gasteiger partial charge is 0.456 e. The Bertz CT molecular complexity index is 814. The van der Waals surface area contributed by atoms with E-state index in [-0.39, 0.29) is 45.1 Å². The van der Waals surface area contributed by atoms with Crippen molar-refractivity contribution in [3.05, 3.63) is 28.3 Å². The summed E-state index contributed by atoms with van der Waals surface area (Å²) in [7, 11) is -3.64. The molecule has 0 N–H and O–H groups in total. The predicted octanol–water partition coefficient (Wildman–Crippen LogP) is 1.71. The average molecular weight is 397 g/mol. The second-order valence-corrected chi connectivity index (χ2v) is 8.76. The van der Waals surface area contributed by atoms with E-state index in [2.05, 4.69) is 0 Å². The molecule has 0 unspecified atom stereocenters. The number of benzene rings is 1. The Kier molecular flexibility index (Phi) is 6.64. The first kappa shape index (κ1) is 21.4. The zero-order valence-electron chi connectivity index (χ0n) is 16.7. The van der Waals surface area contributed by atoms with Gasteiger partial charge in [-0.25, -0.2) is 8.42 Å². The molecule has 2 rings (SSSR count). The fraction of sp³-hybridized carbons (Fsp3) is 0.579. The van der Waals surface area contributed by atoms with Gasteiger partial charge in [0.1, 0.15) is 0 Å². The molecule has 0 aromatic heterocycles. The molecule has 0 atom stereocenters. The number of ether oxygens (including phenoxy) is 1. The number of hydrogen-bond acceptors (Lipinski definition) is 5. The Labute approximate surface area is 161 Å². The summed E-state index contributed by atoms with van der Waals surface area (Å²) in [5.74, 6) is -0.724. The Morgan fingerprint density at radius 2 is 1.52 bits per heavy atom. The van der Waals surface area contributed by atoms with Gasteiger partial charge in [-0.15, -0.1) is 0 Å². The quantitative estimate of drug-likeness (QED) is 0.708. The number of amides is 1. The van der Waals surface area contributed by atoms with E-state index in [0.29, 0.717) is 4.90 Å². The van der Waals surface area contributed by atoms with Gasteiger partial charge in [-0.05, 0) is 49.9 Å². The van der Waals surface area contributed by atoms with E-state index < -0.39 is 16.0 Å². The first-order chi connectivity index (χ1) is 12.6. The van der Waals surface area contributed by atoms with E-state index in [0.717, 1.165) is 22.3 Å². The number of rotatable bonds is 5. The molecule has 1 aromatic carbocycles. The first-order valence-corrected chi connectivity index (χ1v) is 10.5. The van der Waals surface area contributed by atoms with Crippen LogP contribution in [0.4, 0.5) is 0 Å². The molecule has 1 heterocycles. The van der Waals surface area contributed by atoms with Crippen LogP contribution in [0.5, 0.6) is 0 Å². The molecule has 1 aliphatic heterocycles. The average Bonchev–Trinajstić information content (AvgIpc) is 2.64. The second-order valence-electron chi connectivity index (χ2n) is 6.89. The number of esters is 1. The molecular weight excluding hydrogens is 368 g/mol. The minimum Gasteiger partial charge on any atom is -0.456 e. The predicted molar refractivity (Wildman–Crippen MR) is 102 cm³/mol. The lowest BCUT2D eigenvalue weighted by Crippen LogP contribution is -2.51. The molecule has 1 saturated heterocycles. The van der Waals surface area contributed by atoms with E-state index in [1.807, 2.05) is 33.8 Å². The van der Waals surface area contributed by atoms with Crippen molar-refractivity contribution in [2.75, 3.05) is 32.8 Å². The Morgan fingerprint density at radius 1 is 1.00 bits per heavy atom. The monoisotopic (exact) mass is 396 g/mol. The molecule has 0 saturated carbocycles. The minimum atomic E-state index is -3.64. The summed E-state index contributed by atoms with van der Waals surface area (Å²) in [5, 5.41) is 0. The second kappa shape index (κ2) is 8.39. The maximum Gasteiger partial charge on any atom is 0.306 e. The molecule has 150 valence electrons. The fourth-order valence-corrected chi connectivity index (χ4v) is 5.21. The van der Waals surface area contributed by atoms with Gasteiger partial charge in [-0.1, -0.05) is 13.0 Å². The SMILES string of the molecule is CCC(=O)OCC(=O)N1CCN(S(=O)(=O)c2c(C)c(C)cc(C)c2C)CC1. The van der Waals surface area contributed by atoms with Crippen LogP contribution in [0, 0.1) is 27.7 Å². The summed E-state index contributed by atoms with van der Waals surface area (Å²) >= 11 is 0. The van der Waals surface area contributed by atoms with Gasteiger partial charge in [-0.3, -0.25) is 9.59 Å². The lowest BCUT2D eigenvalue weighted by Gasteiger charge is -2.34. The summed E-state index contributed by atoms with van der Waals surface area (Å²) in [6.45, 7) is 9.86. The van der Waals surface area contributed by atoms with Gasteiger partial charge in [0.25, 0.3) is 5.91 Å². The first-order valence-electron chi connectivity index (χ1n) is 9.10. The van der Waals surface area contributed by atoms with Crippen LogP contribution in [-0.2, 0) is 24.3 Å². The van der Waals surface area contributed by atoms with Crippen LogP contribution in [0.3, 0.4) is 0 Å². The number of piperazine rings is 1. The van der Waals surface area contributed by atoms with E-state index in [4.69, 9.17) is 4.74 Å². The molecule has 1 fully saturated rings. The molecule has 1 amide bonds. The lowest BCUT2D eigenvalue weighted by molar-refractivity contribution is -0.152. The molecule has 0 bridgehead atoms. The molecule has 7 nitrogen and oxygen atoms in total.